The molecule has 0 spiro atoms. The fourth-order valence-corrected chi connectivity index (χ4v) is 2.71. The third-order valence-electron chi connectivity index (χ3n) is 3.82. The van der Waals surface area contributed by atoms with Crippen LogP contribution in [-0.4, -0.2) is 23.0 Å². The number of methoxy groups -OCH3 is 1. The van der Waals surface area contributed by atoms with E-state index in [9.17, 15) is 26.7 Å². The van der Waals surface area contributed by atoms with E-state index >= 15 is 0 Å². The third kappa shape index (κ3) is 4.82. The highest BCUT2D eigenvalue weighted by molar-refractivity contribution is 6.32. The summed E-state index contributed by atoms with van der Waals surface area (Å²) in [7, 11) is -0.841. The van der Waals surface area contributed by atoms with Crippen LogP contribution in [-0.2, 0) is 6.18 Å². The number of anilines is 1. The van der Waals surface area contributed by atoms with Crippen LogP contribution < -0.4 is 14.8 Å². The first-order chi connectivity index (χ1) is 15.1. The van der Waals surface area contributed by atoms with Crippen molar-refractivity contribution in [3.05, 3.63) is 70.8 Å². The molecule has 0 saturated heterocycles. The molecule has 6 nitrogen and oxygen atoms in total. The van der Waals surface area contributed by atoms with Gasteiger partial charge in [-0.3, -0.25) is 4.79 Å². The average molecular weight is 461 g/mol. The molecule has 0 unspecified atom stereocenters. The van der Waals surface area contributed by atoms with Crippen LogP contribution in [0.4, 0.5) is 27.6 Å². The minimum absolute atomic E-state index is 0.116. The number of ether oxygens (including phenoxy) is 2. The summed E-state index contributed by atoms with van der Waals surface area (Å²) in [5.74, 6) is -5.91. The summed E-state index contributed by atoms with van der Waals surface area (Å²) in [4.78, 5) is 20.1. The number of aromatic nitrogens is 2. The van der Waals surface area contributed by atoms with Crippen LogP contribution in [0.2, 0.25) is 5.02 Å². The number of benzene rings is 2. The quantitative estimate of drug-likeness (QED) is 0.510. The zero-order valence-corrected chi connectivity index (χ0v) is 15.9. The van der Waals surface area contributed by atoms with E-state index in [4.69, 9.17) is 22.4 Å². The fourth-order valence-electron chi connectivity index (χ4n) is 2.44. The van der Waals surface area contributed by atoms with Gasteiger partial charge in [0.15, 0.2) is 11.6 Å². The highest BCUT2D eigenvalue weighted by Gasteiger charge is 2.35. The molecule has 1 amide bonds. The first-order valence-corrected chi connectivity index (χ1v) is 8.54. The molecule has 31 heavy (non-hydrogen) atoms. The second kappa shape index (κ2) is 8.72. The summed E-state index contributed by atoms with van der Waals surface area (Å²) < 4.78 is 84.7. The molecule has 12 heteroatoms. The molecular weight excluding hydrogens is 449 g/mol. The van der Waals surface area contributed by atoms with E-state index in [1.807, 2.05) is 0 Å². The first kappa shape index (κ1) is 20.8. The topological polar surface area (TPSA) is 73.3 Å². The van der Waals surface area contributed by atoms with E-state index in [2.05, 4.69) is 15.3 Å². The van der Waals surface area contributed by atoms with Gasteiger partial charge in [0.1, 0.15) is 12.1 Å². The summed E-state index contributed by atoms with van der Waals surface area (Å²) in [6, 6.07) is 2.66. The Morgan fingerprint density at radius 2 is 1.87 bits per heavy atom. The molecule has 0 bridgehead atoms. The summed E-state index contributed by atoms with van der Waals surface area (Å²) in [5.41, 5.74) is -1.68. The summed E-state index contributed by atoms with van der Waals surface area (Å²) in [6.07, 6.45) is -1.26. The second-order valence-corrected chi connectivity index (χ2v) is 6.25. The van der Waals surface area contributed by atoms with Crippen molar-refractivity contribution >= 4 is 23.2 Å². The smallest absolute Gasteiger partial charge is 0.417 e. The summed E-state index contributed by atoms with van der Waals surface area (Å²) >= 11 is 5.72. The van der Waals surface area contributed by atoms with Gasteiger partial charge in [0, 0.05) is 0 Å². The number of amides is 1. The third-order valence-corrected chi connectivity index (χ3v) is 4.13. The molecule has 1 heterocycles. The highest BCUT2D eigenvalue weighted by atomic mass is 35.5. The molecule has 0 aliphatic rings. The monoisotopic (exact) mass is 460 g/mol. The lowest BCUT2D eigenvalue weighted by Gasteiger charge is -2.17. The highest BCUT2D eigenvalue weighted by Crippen LogP contribution is 2.42. The Kier molecular flexibility index (Phi) is 5.85. The Morgan fingerprint density at radius 3 is 2.52 bits per heavy atom. The maximum absolute atomic E-state index is 14.1. The SMILES string of the molecule is [2H]COc1c(Oc2cc(C(F)(F)F)c(Cl)cc2C(=O)Nc2cncnc2)ccc(F)c1F. The van der Waals surface area contributed by atoms with Crippen molar-refractivity contribution in [1.82, 2.24) is 9.97 Å². The molecule has 1 N–H and O–H groups in total. The minimum atomic E-state index is -4.91. The van der Waals surface area contributed by atoms with Gasteiger partial charge in [0.25, 0.3) is 5.91 Å². The first-order valence-electron chi connectivity index (χ1n) is 8.87. The lowest BCUT2D eigenvalue weighted by molar-refractivity contribution is -0.137. The molecule has 162 valence electrons. The molecule has 0 fully saturated rings. The number of hydrogen-bond acceptors (Lipinski definition) is 5. The largest absolute Gasteiger partial charge is 0.490 e. The zero-order chi connectivity index (χ0) is 23.5. The second-order valence-electron chi connectivity index (χ2n) is 5.84. The normalized spacial score (nSPS) is 11.6. The van der Waals surface area contributed by atoms with E-state index in [1.54, 1.807) is 0 Å². The number of alkyl halides is 3. The van der Waals surface area contributed by atoms with Gasteiger partial charge >= 0.3 is 6.18 Å². The van der Waals surface area contributed by atoms with Crippen molar-refractivity contribution in [1.29, 1.82) is 0 Å². The number of hydrogen-bond donors (Lipinski definition) is 1. The summed E-state index contributed by atoms with van der Waals surface area (Å²) in [6.45, 7) is 0. The van der Waals surface area contributed by atoms with E-state index < -0.39 is 64.2 Å². The predicted molar refractivity (Wildman–Crippen MR) is 99.4 cm³/mol. The standard InChI is InChI=1S/C19H11ClF5N3O3/c1-30-17-14(3-2-13(21)16(17)22)31-15-5-11(19(23,24)25)12(20)4-10(15)18(29)28-9-6-26-8-27-7-9/h2-8H,1H3,(H,28,29)/i1D. The molecule has 2 aromatic carbocycles. The molecule has 0 saturated carbocycles. The fraction of sp³-hybridized carbons (Fsp3) is 0.105. The van der Waals surface area contributed by atoms with Crippen LogP contribution in [0.15, 0.2) is 43.0 Å². The Balaban J connectivity index is 2.11. The molecule has 0 radical (unpaired) electrons. The van der Waals surface area contributed by atoms with E-state index in [-0.39, 0.29) is 5.69 Å². The lowest BCUT2D eigenvalue weighted by atomic mass is 10.1. The average Bonchev–Trinajstić information content (AvgIpc) is 2.74. The number of carbonyl (C=O) groups is 1. The Morgan fingerprint density at radius 1 is 1.16 bits per heavy atom. The van der Waals surface area contributed by atoms with Gasteiger partial charge < -0.3 is 14.8 Å². The van der Waals surface area contributed by atoms with E-state index in [1.165, 1.54) is 18.7 Å². The Hall–Kier alpha value is -3.47. The van der Waals surface area contributed by atoms with Gasteiger partial charge in [0.05, 0.1) is 42.7 Å². The molecule has 1 aromatic heterocycles. The van der Waals surface area contributed by atoms with Crippen molar-refractivity contribution in [3.63, 3.8) is 0 Å². The van der Waals surface area contributed by atoms with Gasteiger partial charge in [-0.15, -0.1) is 0 Å². The van der Waals surface area contributed by atoms with Crippen molar-refractivity contribution in [2.45, 2.75) is 6.18 Å². The van der Waals surface area contributed by atoms with E-state index in [0.717, 1.165) is 6.07 Å². The van der Waals surface area contributed by atoms with Crippen LogP contribution >= 0.6 is 11.6 Å². The number of carbonyl (C=O) groups excluding carboxylic acids is 1. The maximum atomic E-state index is 14.1. The van der Waals surface area contributed by atoms with Crippen LogP contribution in [0.25, 0.3) is 0 Å². The zero-order valence-electron chi connectivity index (χ0n) is 16.1. The number of rotatable bonds is 5. The molecule has 0 atom stereocenters. The van der Waals surface area contributed by atoms with Crippen molar-refractivity contribution in [3.8, 4) is 17.2 Å². The summed E-state index contributed by atoms with van der Waals surface area (Å²) in [5, 5.41) is 1.55. The molecule has 0 aliphatic heterocycles. The number of halogens is 6. The molecule has 3 aromatic rings. The van der Waals surface area contributed by atoms with Crippen molar-refractivity contribution in [2.75, 3.05) is 12.4 Å². The van der Waals surface area contributed by atoms with Gasteiger partial charge in [0.2, 0.25) is 11.6 Å². The number of nitrogens with one attached hydrogen (secondary N) is 1. The van der Waals surface area contributed by atoms with Crippen molar-refractivity contribution in [2.24, 2.45) is 0 Å². The van der Waals surface area contributed by atoms with Gasteiger partial charge in [-0.25, -0.2) is 14.4 Å². The van der Waals surface area contributed by atoms with E-state index in [0.29, 0.717) is 18.2 Å². The lowest BCUT2D eigenvalue weighted by Crippen LogP contribution is -2.15. The van der Waals surface area contributed by atoms with Gasteiger partial charge in [-0.2, -0.15) is 17.6 Å². The Labute approximate surface area is 178 Å². The maximum Gasteiger partial charge on any atom is 0.417 e. The van der Waals surface area contributed by atoms with Crippen LogP contribution in [0.5, 0.6) is 17.2 Å². The molecule has 0 aliphatic carbocycles. The van der Waals surface area contributed by atoms with Gasteiger partial charge in [-0.1, -0.05) is 11.6 Å². The predicted octanol–water partition coefficient (Wildman–Crippen LogP) is 5.48. The van der Waals surface area contributed by atoms with Gasteiger partial charge in [-0.05, 0) is 24.3 Å². The Bertz CT molecular complexity index is 1150. The van der Waals surface area contributed by atoms with Crippen LogP contribution in [0.3, 0.4) is 0 Å². The molecule has 3 rings (SSSR count). The van der Waals surface area contributed by atoms with Crippen LogP contribution in [0, 0.1) is 11.6 Å². The van der Waals surface area contributed by atoms with Crippen LogP contribution in [0.1, 0.15) is 17.3 Å². The minimum Gasteiger partial charge on any atom is -0.490 e. The number of nitrogens with zero attached hydrogens (tertiary/aromatic N) is 2. The molecular formula is C19H11ClF5N3O3. The van der Waals surface area contributed by atoms with Crippen molar-refractivity contribution < 1.29 is 37.6 Å².